The van der Waals surface area contributed by atoms with Gasteiger partial charge in [0.1, 0.15) is 16.5 Å². The highest BCUT2D eigenvalue weighted by atomic mass is 35.5. The van der Waals surface area contributed by atoms with Crippen LogP contribution in [0.2, 0.25) is 5.02 Å². The lowest BCUT2D eigenvalue weighted by atomic mass is 10.2. The number of ether oxygens (including phenoxy) is 1. The molecule has 0 spiro atoms. The molecule has 1 heterocycles. The standard InChI is InChI=1S/C18H17ClFN3O5S/c19-12-8-14-15(28-10-17(24)23-14)9-16(12)29(26,27)22-7-3-6-21-18(25)11-4-1-2-5-13(11)20/h1-2,4-5,8-9,22H,3,6-7,10H2,(H,21,25)(H,23,24). The fourth-order valence-electron chi connectivity index (χ4n) is 2.60. The molecule has 29 heavy (non-hydrogen) atoms. The maximum atomic E-state index is 13.5. The van der Waals surface area contributed by atoms with Gasteiger partial charge >= 0.3 is 0 Å². The summed E-state index contributed by atoms with van der Waals surface area (Å²) in [4.78, 5) is 23.0. The Labute approximate surface area is 171 Å². The Morgan fingerprint density at radius 3 is 2.76 bits per heavy atom. The van der Waals surface area contributed by atoms with Crippen LogP contribution in [0.5, 0.6) is 5.75 Å². The summed E-state index contributed by atoms with van der Waals surface area (Å²) in [6, 6.07) is 8.10. The molecule has 0 radical (unpaired) electrons. The molecular formula is C18H17ClFN3O5S. The maximum absolute atomic E-state index is 13.5. The van der Waals surface area contributed by atoms with E-state index in [-0.39, 0.29) is 53.3 Å². The molecule has 2 aromatic rings. The van der Waals surface area contributed by atoms with Crippen molar-refractivity contribution in [1.82, 2.24) is 10.0 Å². The molecule has 2 aromatic carbocycles. The van der Waals surface area contributed by atoms with Gasteiger partial charge in [-0.1, -0.05) is 23.7 Å². The van der Waals surface area contributed by atoms with Crippen LogP contribution in [0.4, 0.5) is 10.1 Å². The lowest BCUT2D eigenvalue weighted by molar-refractivity contribution is -0.118. The molecular weight excluding hydrogens is 425 g/mol. The molecule has 3 rings (SSSR count). The highest BCUT2D eigenvalue weighted by Crippen LogP contribution is 2.35. The van der Waals surface area contributed by atoms with Crippen molar-refractivity contribution in [1.29, 1.82) is 0 Å². The van der Waals surface area contributed by atoms with Crippen LogP contribution in [-0.2, 0) is 14.8 Å². The molecule has 154 valence electrons. The molecule has 1 aliphatic rings. The molecule has 2 amide bonds. The first kappa shape index (κ1) is 21.0. The van der Waals surface area contributed by atoms with Crippen molar-refractivity contribution >= 4 is 39.1 Å². The largest absolute Gasteiger partial charge is 0.482 e. The number of nitrogens with one attached hydrogen (secondary N) is 3. The third-order valence-electron chi connectivity index (χ3n) is 4.01. The van der Waals surface area contributed by atoms with E-state index in [9.17, 15) is 22.4 Å². The molecule has 0 unspecified atom stereocenters. The first-order chi connectivity index (χ1) is 13.8. The number of anilines is 1. The molecule has 8 nitrogen and oxygen atoms in total. The number of benzene rings is 2. The Balaban J connectivity index is 1.55. The summed E-state index contributed by atoms with van der Waals surface area (Å²) in [5, 5.41) is 4.98. The Kier molecular flexibility index (Phi) is 6.36. The number of fused-ring (bicyclic) bond motifs is 1. The van der Waals surface area contributed by atoms with Crippen LogP contribution >= 0.6 is 11.6 Å². The van der Waals surface area contributed by atoms with Gasteiger partial charge in [0.15, 0.2) is 6.61 Å². The average Bonchev–Trinajstić information content (AvgIpc) is 2.67. The smallest absolute Gasteiger partial charge is 0.262 e. The van der Waals surface area contributed by atoms with E-state index >= 15 is 0 Å². The molecule has 0 atom stereocenters. The van der Waals surface area contributed by atoms with Crippen LogP contribution in [0.15, 0.2) is 41.3 Å². The van der Waals surface area contributed by atoms with Gasteiger partial charge in [-0.2, -0.15) is 0 Å². The van der Waals surface area contributed by atoms with Gasteiger partial charge < -0.3 is 15.4 Å². The van der Waals surface area contributed by atoms with Gasteiger partial charge in [0.25, 0.3) is 11.8 Å². The van der Waals surface area contributed by atoms with Crippen molar-refractivity contribution in [2.45, 2.75) is 11.3 Å². The van der Waals surface area contributed by atoms with Gasteiger partial charge in [-0.25, -0.2) is 17.5 Å². The summed E-state index contributed by atoms with van der Waals surface area (Å²) >= 11 is 6.04. The summed E-state index contributed by atoms with van der Waals surface area (Å²) < 4.78 is 46.1. The zero-order chi connectivity index (χ0) is 21.0. The number of amides is 2. The first-order valence-corrected chi connectivity index (χ1v) is 10.4. The highest BCUT2D eigenvalue weighted by Gasteiger charge is 2.24. The Hall–Kier alpha value is -2.69. The zero-order valence-electron chi connectivity index (χ0n) is 15.0. The topological polar surface area (TPSA) is 114 Å². The normalized spacial score (nSPS) is 13.2. The van der Waals surface area contributed by atoms with Gasteiger partial charge in [0, 0.05) is 19.2 Å². The minimum atomic E-state index is -3.94. The number of sulfonamides is 1. The van der Waals surface area contributed by atoms with Crippen LogP contribution in [-0.4, -0.2) is 39.9 Å². The van der Waals surface area contributed by atoms with E-state index in [1.807, 2.05) is 0 Å². The van der Waals surface area contributed by atoms with Crippen LogP contribution in [0, 0.1) is 5.82 Å². The monoisotopic (exact) mass is 441 g/mol. The van der Waals surface area contributed by atoms with E-state index in [1.54, 1.807) is 6.07 Å². The fourth-order valence-corrected chi connectivity index (χ4v) is 4.22. The van der Waals surface area contributed by atoms with Crippen molar-refractivity contribution in [3.63, 3.8) is 0 Å². The second-order valence-electron chi connectivity index (χ2n) is 6.10. The maximum Gasteiger partial charge on any atom is 0.262 e. The number of halogens is 2. The number of carbonyl (C=O) groups excluding carboxylic acids is 2. The third-order valence-corrected chi connectivity index (χ3v) is 5.93. The molecule has 0 bridgehead atoms. The van der Waals surface area contributed by atoms with Crippen LogP contribution in [0.1, 0.15) is 16.8 Å². The summed E-state index contributed by atoms with van der Waals surface area (Å²) in [5.41, 5.74) is 0.210. The SMILES string of the molecule is O=C1COc2cc(S(=O)(=O)NCCCNC(=O)c3ccccc3F)c(Cl)cc2N1. The molecule has 1 aliphatic heterocycles. The van der Waals surface area contributed by atoms with E-state index in [1.165, 1.54) is 30.3 Å². The van der Waals surface area contributed by atoms with E-state index in [2.05, 4.69) is 15.4 Å². The minimum Gasteiger partial charge on any atom is -0.482 e. The van der Waals surface area contributed by atoms with Gasteiger partial charge in [0.05, 0.1) is 16.3 Å². The molecule has 3 N–H and O–H groups in total. The Morgan fingerprint density at radius 2 is 2.00 bits per heavy atom. The highest BCUT2D eigenvalue weighted by molar-refractivity contribution is 7.89. The fraction of sp³-hybridized carbons (Fsp3) is 0.222. The molecule has 0 saturated heterocycles. The van der Waals surface area contributed by atoms with Crippen molar-refractivity contribution in [3.05, 3.63) is 52.8 Å². The van der Waals surface area contributed by atoms with E-state index in [4.69, 9.17) is 16.3 Å². The summed E-state index contributed by atoms with van der Waals surface area (Å²) in [5.74, 6) is -1.37. The Bertz CT molecular complexity index is 1060. The first-order valence-electron chi connectivity index (χ1n) is 8.56. The number of hydrogen-bond donors (Lipinski definition) is 3. The third kappa shape index (κ3) is 5.03. The Morgan fingerprint density at radius 1 is 1.24 bits per heavy atom. The lowest BCUT2D eigenvalue weighted by Crippen LogP contribution is -2.30. The summed E-state index contributed by atoms with van der Waals surface area (Å²) in [6.45, 7) is -0.0586. The predicted molar refractivity (Wildman–Crippen MR) is 104 cm³/mol. The second kappa shape index (κ2) is 8.76. The molecule has 0 fully saturated rings. The number of rotatable bonds is 7. The van der Waals surface area contributed by atoms with Crippen molar-refractivity contribution in [2.24, 2.45) is 0 Å². The zero-order valence-corrected chi connectivity index (χ0v) is 16.6. The number of hydrogen-bond acceptors (Lipinski definition) is 5. The predicted octanol–water partition coefficient (Wildman–Crippen LogP) is 1.91. The molecule has 11 heteroatoms. The van der Waals surface area contributed by atoms with Gasteiger partial charge in [-0.3, -0.25) is 9.59 Å². The summed E-state index contributed by atoms with van der Waals surface area (Å²) in [6.07, 6.45) is 0.272. The van der Waals surface area contributed by atoms with Gasteiger partial charge in [0.2, 0.25) is 10.0 Å². The van der Waals surface area contributed by atoms with Crippen LogP contribution < -0.4 is 20.1 Å². The quantitative estimate of drug-likeness (QED) is 0.568. The average molecular weight is 442 g/mol. The van der Waals surface area contributed by atoms with Gasteiger partial charge in [-0.05, 0) is 24.6 Å². The van der Waals surface area contributed by atoms with Crippen molar-refractivity contribution in [2.75, 3.05) is 25.0 Å². The van der Waals surface area contributed by atoms with Gasteiger partial charge in [-0.15, -0.1) is 0 Å². The minimum absolute atomic E-state index is 0.0187. The van der Waals surface area contributed by atoms with Crippen LogP contribution in [0.3, 0.4) is 0 Å². The molecule has 0 aliphatic carbocycles. The molecule has 0 aromatic heterocycles. The van der Waals surface area contributed by atoms with Crippen molar-refractivity contribution in [3.8, 4) is 5.75 Å². The van der Waals surface area contributed by atoms with Crippen LogP contribution in [0.25, 0.3) is 0 Å². The summed E-state index contributed by atoms with van der Waals surface area (Å²) in [7, 11) is -3.94. The number of carbonyl (C=O) groups is 2. The molecule has 0 saturated carbocycles. The lowest BCUT2D eigenvalue weighted by Gasteiger charge is -2.19. The van der Waals surface area contributed by atoms with E-state index in [0.717, 1.165) is 0 Å². The second-order valence-corrected chi connectivity index (χ2v) is 8.25. The van der Waals surface area contributed by atoms with Crippen molar-refractivity contribution < 1.29 is 27.1 Å². The van der Waals surface area contributed by atoms with E-state index < -0.39 is 21.7 Å². The van der Waals surface area contributed by atoms with E-state index in [0.29, 0.717) is 5.69 Å².